The molecule has 104 valence electrons. The minimum Gasteiger partial charge on any atom is -0.375 e. The van der Waals surface area contributed by atoms with Gasteiger partial charge in [0.15, 0.2) is 0 Å². The largest absolute Gasteiger partial charge is 0.375 e. The Bertz CT molecular complexity index is 279. The number of hydrogen-bond donors (Lipinski definition) is 1. The fraction of sp³-hybridized carbons (Fsp3) is 0.923. The third-order valence-corrected chi connectivity index (χ3v) is 3.66. The van der Waals surface area contributed by atoms with Gasteiger partial charge < -0.3 is 19.7 Å². The van der Waals surface area contributed by atoms with Gasteiger partial charge in [-0.3, -0.25) is 4.79 Å². The molecule has 2 fully saturated rings. The van der Waals surface area contributed by atoms with Crippen LogP contribution in [0.1, 0.15) is 26.7 Å². The van der Waals surface area contributed by atoms with E-state index in [0.717, 1.165) is 25.9 Å². The molecule has 2 rings (SSSR count). The first kappa shape index (κ1) is 13.8. The van der Waals surface area contributed by atoms with Gasteiger partial charge in [0.1, 0.15) is 6.61 Å². The van der Waals surface area contributed by atoms with Crippen molar-refractivity contribution < 1.29 is 14.3 Å². The molecule has 0 saturated carbocycles. The highest BCUT2D eigenvalue weighted by molar-refractivity contribution is 5.78. The van der Waals surface area contributed by atoms with E-state index in [2.05, 4.69) is 5.32 Å². The summed E-state index contributed by atoms with van der Waals surface area (Å²) in [6.07, 6.45) is 2.37. The number of nitrogens with zero attached hydrogens (tertiary/aromatic N) is 1. The van der Waals surface area contributed by atoms with Crippen LogP contribution >= 0.6 is 0 Å². The van der Waals surface area contributed by atoms with Gasteiger partial charge in [0.2, 0.25) is 5.91 Å². The van der Waals surface area contributed by atoms with E-state index in [0.29, 0.717) is 13.2 Å². The molecule has 0 aromatic carbocycles. The highest BCUT2D eigenvalue weighted by Gasteiger charge is 2.28. The van der Waals surface area contributed by atoms with Crippen LogP contribution in [0.15, 0.2) is 0 Å². The fourth-order valence-electron chi connectivity index (χ4n) is 2.48. The third-order valence-electron chi connectivity index (χ3n) is 3.66. The Morgan fingerprint density at radius 3 is 2.83 bits per heavy atom. The summed E-state index contributed by atoms with van der Waals surface area (Å²) in [7, 11) is 0. The second kappa shape index (κ2) is 6.50. The summed E-state index contributed by atoms with van der Waals surface area (Å²) in [4.78, 5) is 14.0. The molecule has 18 heavy (non-hydrogen) atoms. The predicted molar refractivity (Wildman–Crippen MR) is 68.4 cm³/mol. The Kier molecular flexibility index (Phi) is 4.97. The van der Waals surface area contributed by atoms with E-state index in [1.807, 2.05) is 18.7 Å². The van der Waals surface area contributed by atoms with E-state index in [9.17, 15) is 4.79 Å². The standard InChI is InChI=1S/C13H24N2O3/c1-10-8-17-11(2)7-15(10)13(16)9-18-12-3-5-14-6-4-12/h10-12,14H,3-9H2,1-2H3. The number of ether oxygens (including phenoxy) is 2. The zero-order chi connectivity index (χ0) is 13.0. The molecule has 1 N–H and O–H groups in total. The van der Waals surface area contributed by atoms with Crippen LogP contribution in [-0.2, 0) is 14.3 Å². The molecular formula is C13H24N2O3. The first-order valence-corrected chi connectivity index (χ1v) is 6.90. The molecule has 2 unspecified atom stereocenters. The molecule has 2 heterocycles. The Morgan fingerprint density at radius 2 is 2.11 bits per heavy atom. The summed E-state index contributed by atoms with van der Waals surface area (Å²) in [6.45, 7) is 7.51. The Balaban J connectivity index is 1.75. The predicted octanol–water partition coefficient (Wildman–Crippen LogP) is 0.391. The molecule has 0 radical (unpaired) electrons. The van der Waals surface area contributed by atoms with Gasteiger partial charge in [-0.25, -0.2) is 0 Å². The molecule has 1 amide bonds. The van der Waals surface area contributed by atoms with E-state index in [4.69, 9.17) is 9.47 Å². The minimum atomic E-state index is 0.0937. The maximum absolute atomic E-state index is 12.1. The van der Waals surface area contributed by atoms with Gasteiger partial charge in [0, 0.05) is 6.54 Å². The zero-order valence-electron chi connectivity index (χ0n) is 11.4. The van der Waals surface area contributed by atoms with Crippen LogP contribution in [0.5, 0.6) is 0 Å². The lowest BCUT2D eigenvalue weighted by Gasteiger charge is -2.37. The number of morpholine rings is 1. The number of rotatable bonds is 3. The van der Waals surface area contributed by atoms with Gasteiger partial charge in [-0.2, -0.15) is 0 Å². The van der Waals surface area contributed by atoms with E-state index in [-0.39, 0.29) is 30.8 Å². The average Bonchev–Trinajstić information content (AvgIpc) is 2.40. The van der Waals surface area contributed by atoms with E-state index >= 15 is 0 Å². The number of carbonyl (C=O) groups is 1. The molecule has 0 aliphatic carbocycles. The molecule has 0 spiro atoms. The topological polar surface area (TPSA) is 50.8 Å². The molecule has 5 nitrogen and oxygen atoms in total. The molecule has 2 aliphatic rings. The van der Waals surface area contributed by atoms with Crippen LogP contribution in [0.2, 0.25) is 0 Å². The molecular weight excluding hydrogens is 232 g/mol. The summed E-state index contributed by atoms with van der Waals surface area (Å²) in [5.41, 5.74) is 0. The first-order chi connectivity index (χ1) is 8.66. The maximum Gasteiger partial charge on any atom is 0.248 e. The number of amides is 1. The van der Waals surface area contributed by atoms with Crippen molar-refractivity contribution in [2.24, 2.45) is 0 Å². The third kappa shape index (κ3) is 3.67. The fourth-order valence-corrected chi connectivity index (χ4v) is 2.48. The number of nitrogens with one attached hydrogen (secondary N) is 1. The van der Waals surface area contributed by atoms with Gasteiger partial charge >= 0.3 is 0 Å². The highest BCUT2D eigenvalue weighted by atomic mass is 16.5. The van der Waals surface area contributed by atoms with Crippen molar-refractivity contribution in [2.75, 3.05) is 32.8 Å². The lowest BCUT2D eigenvalue weighted by molar-refractivity contribution is -0.150. The van der Waals surface area contributed by atoms with Crippen molar-refractivity contribution in [3.63, 3.8) is 0 Å². The summed E-state index contributed by atoms with van der Waals surface area (Å²) >= 11 is 0. The number of hydrogen-bond acceptors (Lipinski definition) is 4. The summed E-state index contributed by atoms with van der Waals surface area (Å²) in [5, 5.41) is 3.29. The van der Waals surface area contributed by atoms with E-state index in [1.165, 1.54) is 0 Å². The van der Waals surface area contributed by atoms with Crippen LogP contribution in [-0.4, -0.2) is 61.9 Å². The highest BCUT2D eigenvalue weighted by Crippen LogP contribution is 2.13. The lowest BCUT2D eigenvalue weighted by atomic mass is 10.1. The monoisotopic (exact) mass is 256 g/mol. The van der Waals surface area contributed by atoms with Crippen LogP contribution in [0, 0.1) is 0 Å². The minimum absolute atomic E-state index is 0.0937. The Labute approximate surface area is 109 Å². The van der Waals surface area contributed by atoms with Gasteiger partial charge in [-0.05, 0) is 39.8 Å². The molecule has 0 aromatic rings. The van der Waals surface area contributed by atoms with Crippen molar-refractivity contribution in [1.29, 1.82) is 0 Å². The average molecular weight is 256 g/mol. The first-order valence-electron chi connectivity index (χ1n) is 6.90. The maximum atomic E-state index is 12.1. The lowest BCUT2D eigenvalue weighted by Crippen LogP contribution is -2.51. The zero-order valence-corrected chi connectivity index (χ0v) is 11.4. The molecule has 5 heteroatoms. The van der Waals surface area contributed by atoms with Crippen molar-refractivity contribution in [3.8, 4) is 0 Å². The molecule has 0 aromatic heterocycles. The smallest absolute Gasteiger partial charge is 0.248 e. The van der Waals surface area contributed by atoms with Crippen molar-refractivity contribution >= 4 is 5.91 Å². The van der Waals surface area contributed by atoms with Crippen molar-refractivity contribution in [2.45, 2.75) is 44.9 Å². The van der Waals surface area contributed by atoms with Crippen LogP contribution in [0.4, 0.5) is 0 Å². The molecule has 2 saturated heterocycles. The van der Waals surface area contributed by atoms with Gasteiger partial charge in [-0.15, -0.1) is 0 Å². The normalized spacial score (nSPS) is 30.4. The van der Waals surface area contributed by atoms with E-state index < -0.39 is 0 Å². The SMILES string of the molecule is CC1CN(C(=O)COC2CCNCC2)C(C)CO1. The van der Waals surface area contributed by atoms with Gasteiger partial charge in [-0.1, -0.05) is 0 Å². The van der Waals surface area contributed by atoms with Crippen molar-refractivity contribution in [3.05, 3.63) is 0 Å². The summed E-state index contributed by atoms with van der Waals surface area (Å²) in [6, 6.07) is 0.158. The molecule has 0 bridgehead atoms. The van der Waals surface area contributed by atoms with Crippen LogP contribution in [0.25, 0.3) is 0 Å². The van der Waals surface area contributed by atoms with Crippen LogP contribution < -0.4 is 5.32 Å². The molecule has 2 atom stereocenters. The van der Waals surface area contributed by atoms with E-state index in [1.54, 1.807) is 0 Å². The van der Waals surface area contributed by atoms with Crippen molar-refractivity contribution in [1.82, 2.24) is 10.2 Å². The quantitative estimate of drug-likeness (QED) is 0.793. The number of piperidine rings is 1. The second-order valence-corrected chi connectivity index (χ2v) is 5.30. The summed E-state index contributed by atoms with van der Waals surface area (Å²) < 4.78 is 11.2. The Morgan fingerprint density at radius 1 is 1.39 bits per heavy atom. The number of carbonyl (C=O) groups excluding carboxylic acids is 1. The van der Waals surface area contributed by atoms with Crippen LogP contribution in [0.3, 0.4) is 0 Å². The van der Waals surface area contributed by atoms with Gasteiger partial charge in [0.25, 0.3) is 0 Å². The second-order valence-electron chi connectivity index (χ2n) is 5.30. The molecule has 2 aliphatic heterocycles. The van der Waals surface area contributed by atoms with Gasteiger partial charge in [0.05, 0.1) is 24.9 Å². The Hall–Kier alpha value is -0.650. The summed E-state index contributed by atoms with van der Waals surface area (Å²) in [5.74, 6) is 0.0937.